The number of rotatable bonds is 4. The maximum atomic E-state index is 5.60. The van der Waals surface area contributed by atoms with Crippen LogP contribution in [0.5, 0.6) is 0 Å². The van der Waals surface area contributed by atoms with Crippen LogP contribution in [0.2, 0.25) is 0 Å². The molecule has 0 amide bonds. The Labute approximate surface area is 117 Å². The van der Waals surface area contributed by atoms with Crippen LogP contribution in [0.3, 0.4) is 0 Å². The highest BCUT2D eigenvalue weighted by molar-refractivity contribution is 9.10. The number of ether oxygens (including phenoxy) is 1. The predicted octanol–water partition coefficient (Wildman–Crippen LogP) is 2.57. The molecule has 0 spiro atoms. The SMILES string of the molecule is COC1CCCN(c2ccc(CCN)c(Br)c2)C1. The fraction of sp³-hybridized carbons (Fsp3) is 0.571. The van der Waals surface area contributed by atoms with Gasteiger partial charge in [-0.05, 0) is 43.5 Å². The van der Waals surface area contributed by atoms with E-state index in [-0.39, 0.29) is 0 Å². The smallest absolute Gasteiger partial charge is 0.0746 e. The van der Waals surface area contributed by atoms with Crippen LogP contribution >= 0.6 is 15.9 Å². The molecule has 0 saturated carbocycles. The molecule has 4 heteroatoms. The molecule has 1 unspecified atom stereocenters. The van der Waals surface area contributed by atoms with E-state index in [0.29, 0.717) is 12.6 Å². The van der Waals surface area contributed by atoms with E-state index < -0.39 is 0 Å². The zero-order valence-corrected chi connectivity index (χ0v) is 12.4. The van der Waals surface area contributed by atoms with E-state index in [2.05, 4.69) is 39.0 Å². The molecule has 1 heterocycles. The first-order chi connectivity index (χ1) is 8.74. The lowest BCUT2D eigenvalue weighted by atomic mass is 10.1. The molecule has 1 saturated heterocycles. The van der Waals surface area contributed by atoms with Crippen LogP contribution in [0.4, 0.5) is 5.69 Å². The van der Waals surface area contributed by atoms with Crippen LogP contribution in [0.25, 0.3) is 0 Å². The lowest BCUT2D eigenvalue weighted by Gasteiger charge is -2.33. The minimum Gasteiger partial charge on any atom is -0.380 e. The van der Waals surface area contributed by atoms with Crippen LogP contribution in [0.1, 0.15) is 18.4 Å². The minimum absolute atomic E-state index is 0.362. The van der Waals surface area contributed by atoms with Gasteiger partial charge < -0.3 is 15.4 Å². The van der Waals surface area contributed by atoms with Gasteiger partial charge in [0.05, 0.1) is 6.10 Å². The maximum Gasteiger partial charge on any atom is 0.0746 e. The number of hydrogen-bond acceptors (Lipinski definition) is 3. The van der Waals surface area contributed by atoms with Gasteiger partial charge in [0.25, 0.3) is 0 Å². The third kappa shape index (κ3) is 3.25. The Morgan fingerprint density at radius 2 is 2.33 bits per heavy atom. The number of methoxy groups -OCH3 is 1. The molecular formula is C14H21BrN2O. The second-order valence-electron chi connectivity index (χ2n) is 4.76. The van der Waals surface area contributed by atoms with E-state index in [4.69, 9.17) is 10.5 Å². The van der Waals surface area contributed by atoms with Crippen molar-refractivity contribution in [2.45, 2.75) is 25.4 Å². The zero-order valence-electron chi connectivity index (χ0n) is 10.9. The van der Waals surface area contributed by atoms with Gasteiger partial charge in [-0.25, -0.2) is 0 Å². The van der Waals surface area contributed by atoms with Gasteiger partial charge in [0.1, 0.15) is 0 Å². The minimum atomic E-state index is 0.362. The Balaban J connectivity index is 2.10. The third-order valence-corrected chi connectivity index (χ3v) is 4.27. The highest BCUT2D eigenvalue weighted by atomic mass is 79.9. The molecule has 0 bridgehead atoms. The van der Waals surface area contributed by atoms with E-state index in [1.165, 1.54) is 24.1 Å². The monoisotopic (exact) mass is 312 g/mol. The summed E-state index contributed by atoms with van der Waals surface area (Å²) < 4.78 is 6.62. The molecule has 1 aromatic carbocycles. The molecule has 1 aliphatic heterocycles. The van der Waals surface area contributed by atoms with E-state index in [1.54, 1.807) is 7.11 Å². The number of nitrogens with zero attached hydrogens (tertiary/aromatic N) is 1. The largest absolute Gasteiger partial charge is 0.380 e. The average Bonchev–Trinajstić information content (AvgIpc) is 2.41. The first-order valence-corrected chi connectivity index (χ1v) is 7.30. The molecule has 1 aromatic rings. The highest BCUT2D eigenvalue weighted by Crippen LogP contribution is 2.27. The van der Waals surface area contributed by atoms with Crippen molar-refractivity contribution in [3.8, 4) is 0 Å². The van der Waals surface area contributed by atoms with Gasteiger partial charge in [0, 0.05) is 30.4 Å². The fourth-order valence-corrected chi connectivity index (χ4v) is 3.02. The lowest BCUT2D eigenvalue weighted by molar-refractivity contribution is 0.0893. The molecule has 1 atom stereocenters. The van der Waals surface area contributed by atoms with Crippen LogP contribution in [0, 0.1) is 0 Å². The van der Waals surface area contributed by atoms with Gasteiger partial charge in [0.15, 0.2) is 0 Å². The fourth-order valence-electron chi connectivity index (χ4n) is 2.46. The Hall–Kier alpha value is -0.580. The summed E-state index contributed by atoms with van der Waals surface area (Å²) in [7, 11) is 1.80. The number of piperidine rings is 1. The molecule has 0 radical (unpaired) electrons. The second kappa shape index (κ2) is 6.55. The van der Waals surface area contributed by atoms with Crippen LogP contribution in [-0.4, -0.2) is 32.8 Å². The first-order valence-electron chi connectivity index (χ1n) is 6.51. The van der Waals surface area contributed by atoms with Crippen molar-refractivity contribution >= 4 is 21.6 Å². The quantitative estimate of drug-likeness (QED) is 0.928. The number of nitrogens with two attached hydrogens (primary N) is 1. The Morgan fingerprint density at radius 3 is 3.00 bits per heavy atom. The molecule has 1 aliphatic rings. The van der Waals surface area contributed by atoms with Crippen molar-refractivity contribution in [1.29, 1.82) is 0 Å². The van der Waals surface area contributed by atoms with Crippen molar-refractivity contribution in [2.24, 2.45) is 5.73 Å². The summed E-state index contributed by atoms with van der Waals surface area (Å²) in [6.45, 7) is 2.79. The normalized spacial score (nSPS) is 20.2. The van der Waals surface area contributed by atoms with Gasteiger partial charge in [0.2, 0.25) is 0 Å². The summed E-state index contributed by atoms with van der Waals surface area (Å²) in [5.41, 5.74) is 8.15. The third-order valence-electron chi connectivity index (χ3n) is 3.53. The van der Waals surface area contributed by atoms with Gasteiger partial charge in [-0.3, -0.25) is 0 Å². The molecule has 2 rings (SSSR count). The maximum absolute atomic E-state index is 5.60. The summed E-state index contributed by atoms with van der Waals surface area (Å²) in [5.74, 6) is 0. The molecular weight excluding hydrogens is 292 g/mol. The summed E-state index contributed by atoms with van der Waals surface area (Å²) >= 11 is 3.63. The van der Waals surface area contributed by atoms with E-state index >= 15 is 0 Å². The average molecular weight is 313 g/mol. The molecule has 0 aromatic heterocycles. The molecule has 18 heavy (non-hydrogen) atoms. The van der Waals surface area contributed by atoms with Gasteiger partial charge in [-0.1, -0.05) is 22.0 Å². The Kier molecular flexibility index (Phi) is 5.03. The number of benzene rings is 1. The summed E-state index contributed by atoms with van der Waals surface area (Å²) in [4.78, 5) is 2.40. The highest BCUT2D eigenvalue weighted by Gasteiger charge is 2.19. The second-order valence-corrected chi connectivity index (χ2v) is 5.61. The topological polar surface area (TPSA) is 38.5 Å². The first kappa shape index (κ1) is 13.8. The van der Waals surface area contributed by atoms with Crippen molar-refractivity contribution in [3.05, 3.63) is 28.2 Å². The summed E-state index contributed by atoms with van der Waals surface area (Å²) in [5, 5.41) is 0. The number of halogens is 1. The molecule has 2 N–H and O–H groups in total. The Morgan fingerprint density at radius 1 is 1.50 bits per heavy atom. The standard InChI is InChI=1S/C14H21BrN2O/c1-18-13-3-2-8-17(10-13)12-5-4-11(6-7-16)14(15)9-12/h4-5,9,13H,2-3,6-8,10,16H2,1H3. The van der Waals surface area contributed by atoms with Gasteiger partial charge in [-0.15, -0.1) is 0 Å². The van der Waals surface area contributed by atoms with E-state index in [1.807, 2.05) is 0 Å². The van der Waals surface area contributed by atoms with Gasteiger partial charge in [-0.2, -0.15) is 0 Å². The van der Waals surface area contributed by atoms with E-state index in [0.717, 1.165) is 24.0 Å². The summed E-state index contributed by atoms with van der Waals surface area (Å²) in [6, 6.07) is 6.56. The van der Waals surface area contributed by atoms with Crippen molar-refractivity contribution in [1.82, 2.24) is 0 Å². The lowest BCUT2D eigenvalue weighted by Crippen LogP contribution is -2.39. The van der Waals surface area contributed by atoms with E-state index in [9.17, 15) is 0 Å². The van der Waals surface area contributed by atoms with Crippen molar-refractivity contribution in [3.63, 3.8) is 0 Å². The van der Waals surface area contributed by atoms with Gasteiger partial charge >= 0.3 is 0 Å². The van der Waals surface area contributed by atoms with Crippen LogP contribution in [0.15, 0.2) is 22.7 Å². The predicted molar refractivity (Wildman–Crippen MR) is 79.1 cm³/mol. The Bertz CT molecular complexity index is 397. The molecule has 100 valence electrons. The molecule has 1 fully saturated rings. The van der Waals surface area contributed by atoms with Crippen molar-refractivity contribution in [2.75, 3.05) is 31.6 Å². The summed E-state index contributed by atoms with van der Waals surface area (Å²) in [6.07, 6.45) is 3.64. The number of hydrogen-bond donors (Lipinski definition) is 1. The van der Waals surface area contributed by atoms with Crippen LogP contribution < -0.4 is 10.6 Å². The zero-order chi connectivity index (χ0) is 13.0. The molecule has 0 aliphatic carbocycles. The van der Waals surface area contributed by atoms with Crippen molar-refractivity contribution < 1.29 is 4.74 Å². The number of anilines is 1. The molecule has 3 nitrogen and oxygen atoms in total. The van der Waals surface area contributed by atoms with Crippen LogP contribution in [-0.2, 0) is 11.2 Å².